The van der Waals surface area contributed by atoms with Crippen molar-refractivity contribution in [3.05, 3.63) is 76.4 Å². The minimum atomic E-state index is -0.175. The Kier molecular flexibility index (Phi) is 7.02. The Bertz CT molecular complexity index is 1310. The minimum absolute atomic E-state index is 0.133. The summed E-state index contributed by atoms with van der Waals surface area (Å²) in [5.74, 6) is 1.10. The summed E-state index contributed by atoms with van der Waals surface area (Å²) in [6, 6.07) is 14.1. The van der Waals surface area contributed by atoms with Gasteiger partial charge in [-0.2, -0.15) is 5.10 Å². The second-order valence-electron chi connectivity index (χ2n) is 8.15. The third-order valence-corrected chi connectivity index (χ3v) is 6.12. The molecule has 1 N–H and O–H groups in total. The fourth-order valence-corrected chi connectivity index (χ4v) is 4.00. The number of thioether (sulfide) groups is 1. The van der Waals surface area contributed by atoms with Crippen LogP contribution in [0.4, 0.5) is 5.69 Å². The molecule has 9 heteroatoms. The van der Waals surface area contributed by atoms with Gasteiger partial charge in [0.05, 0.1) is 28.5 Å². The Morgan fingerprint density at radius 3 is 2.53 bits per heavy atom. The number of hydrogen-bond donors (Lipinski definition) is 1. The van der Waals surface area contributed by atoms with Crippen LogP contribution < -0.4 is 10.1 Å². The summed E-state index contributed by atoms with van der Waals surface area (Å²) >= 11 is 1.18. The van der Waals surface area contributed by atoms with Crippen LogP contribution in [-0.4, -0.2) is 31.6 Å². The fourth-order valence-electron chi connectivity index (χ4n) is 3.42. The molecule has 2 aromatic carbocycles. The summed E-state index contributed by atoms with van der Waals surface area (Å²) < 4.78 is 13.2. The van der Waals surface area contributed by atoms with Gasteiger partial charge in [0.2, 0.25) is 5.91 Å². The molecule has 2 aromatic heterocycles. The number of nitrogens with one attached hydrogen (secondary N) is 1. The lowest BCUT2D eigenvalue weighted by atomic mass is 10.1. The van der Waals surface area contributed by atoms with E-state index in [4.69, 9.17) is 9.15 Å². The van der Waals surface area contributed by atoms with E-state index >= 15 is 0 Å². The highest BCUT2D eigenvalue weighted by Gasteiger charge is 2.17. The lowest BCUT2D eigenvalue weighted by Gasteiger charge is -2.07. The maximum Gasteiger partial charge on any atom is 0.277 e. The third kappa shape index (κ3) is 5.48. The summed E-state index contributed by atoms with van der Waals surface area (Å²) in [7, 11) is 0. The van der Waals surface area contributed by atoms with Crippen LogP contribution in [0.1, 0.15) is 34.0 Å². The zero-order valence-corrected chi connectivity index (χ0v) is 20.7. The molecule has 0 aliphatic rings. The van der Waals surface area contributed by atoms with Crippen LogP contribution in [0.5, 0.6) is 5.75 Å². The predicted molar refractivity (Wildman–Crippen MR) is 132 cm³/mol. The van der Waals surface area contributed by atoms with Gasteiger partial charge in [-0.25, -0.2) is 4.68 Å². The number of aryl methyl sites for hydroxylation is 4. The Balaban J connectivity index is 1.33. The summed E-state index contributed by atoms with van der Waals surface area (Å²) in [5, 5.41) is 15.9. The summed E-state index contributed by atoms with van der Waals surface area (Å²) in [6.07, 6.45) is 0. The molecule has 0 unspecified atom stereocenters. The van der Waals surface area contributed by atoms with Crippen molar-refractivity contribution in [3.8, 4) is 11.4 Å². The van der Waals surface area contributed by atoms with Gasteiger partial charge < -0.3 is 14.5 Å². The first-order valence-electron chi connectivity index (χ1n) is 10.9. The number of aromatic nitrogens is 4. The third-order valence-electron chi connectivity index (χ3n) is 5.30. The number of carbonyl (C=O) groups is 1. The average molecular weight is 478 g/mol. The summed E-state index contributed by atoms with van der Waals surface area (Å²) in [6.45, 7) is 10.0. The molecule has 4 rings (SSSR count). The topological polar surface area (TPSA) is 95.1 Å². The maximum atomic E-state index is 12.6. The molecule has 1 amide bonds. The second-order valence-corrected chi connectivity index (χ2v) is 9.08. The summed E-state index contributed by atoms with van der Waals surface area (Å²) in [4.78, 5) is 12.6. The van der Waals surface area contributed by atoms with Crippen LogP contribution in [0.15, 0.2) is 52.1 Å². The molecular weight excluding hydrogens is 450 g/mol. The van der Waals surface area contributed by atoms with Gasteiger partial charge in [0, 0.05) is 0 Å². The van der Waals surface area contributed by atoms with Gasteiger partial charge in [-0.15, -0.1) is 10.2 Å². The van der Waals surface area contributed by atoms with E-state index in [9.17, 15) is 4.79 Å². The van der Waals surface area contributed by atoms with Crippen LogP contribution >= 0.6 is 11.8 Å². The highest BCUT2D eigenvalue weighted by Crippen LogP contribution is 2.25. The van der Waals surface area contributed by atoms with Gasteiger partial charge in [-0.1, -0.05) is 41.6 Å². The molecule has 0 fully saturated rings. The number of anilines is 1. The zero-order chi connectivity index (χ0) is 24.2. The number of amides is 1. The Labute approximate surface area is 202 Å². The van der Waals surface area contributed by atoms with Crippen LogP contribution in [0.25, 0.3) is 5.69 Å². The van der Waals surface area contributed by atoms with Gasteiger partial charge in [0.25, 0.3) is 11.1 Å². The van der Waals surface area contributed by atoms with Gasteiger partial charge in [-0.05, 0) is 63.9 Å². The molecule has 4 aromatic rings. The first-order valence-corrected chi connectivity index (χ1v) is 11.9. The molecule has 0 radical (unpaired) electrons. The van der Waals surface area contributed by atoms with E-state index in [2.05, 4.69) is 20.6 Å². The maximum absolute atomic E-state index is 12.6. The number of carbonyl (C=O) groups excluding carboxylic acids is 1. The van der Waals surface area contributed by atoms with Crippen LogP contribution in [0.2, 0.25) is 0 Å². The van der Waals surface area contributed by atoms with E-state index in [1.54, 1.807) is 0 Å². The number of rotatable bonds is 8. The van der Waals surface area contributed by atoms with E-state index in [1.807, 2.05) is 81.8 Å². The van der Waals surface area contributed by atoms with E-state index < -0.39 is 0 Å². The molecular formula is C25H27N5O3S. The van der Waals surface area contributed by atoms with Crippen LogP contribution in [-0.2, 0) is 11.4 Å². The lowest BCUT2D eigenvalue weighted by Crippen LogP contribution is -2.15. The van der Waals surface area contributed by atoms with Gasteiger partial charge in [0.1, 0.15) is 5.75 Å². The first kappa shape index (κ1) is 23.6. The van der Waals surface area contributed by atoms with Crippen LogP contribution in [0, 0.1) is 34.6 Å². The van der Waals surface area contributed by atoms with Crippen molar-refractivity contribution in [2.75, 3.05) is 11.1 Å². The number of hydrogen-bond acceptors (Lipinski definition) is 7. The van der Waals surface area contributed by atoms with E-state index in [-0.39, 0.29) is 18.3 Å². The van der Waals surface area contributed by atoms with Crippen molar-refractivity contribution in [2.24, 2.45) is 0 Å². The number of benzene rings is 2. The van der Waals surface area contributed by atoms with Crippen molar-refractivity contribution in [1.29, 1.82) is 0 Å². The smallest absolute Gasteiger partial charge is 0.277 e. The molecule has 0 spiro atoms. The first-order chi connectivity index (χ1) is 16.3. The number of ether oxygens (including phenoxy) is 1. The number of nitrogens with zero attached hydrogens (tertiary/aromatic N) is 4. The standard InChI is InChI=1S/C25H27N5O3S/c1-15-7-10-20(11-8-15)30-19(5)24(18(4)29-30)26-22(31)14-34-25-28-27-23(33-25)13-32-21-12-16(2)6-9-17(21)3/h6-12H,13-14H2,1-5H3,(H,26,31). The predicted octanol–water partition coefficient (Wildman–Crippen LogP) is 5.11. The van der Waals surface area contributed by atoms with Crippen molar-refractivity contribution in [3.63, 3.8) is 0 Å². The summed E-state index contributed by atoms with van der Waals surface area (Å²) in [5.41, 5.74) is 6.60. The van der Waals surface area contributed by atoms with E-state index in [0.29, 0.717) is 16.8 Å². The largest absolute Gasteiger partial charge is 0.484 e. The second kappa shape index (κ2) is 10.1. The molecule has 0 atom stereocenters. The molecule has 0 aliphatic carbocycles. The minimum Gasteiger partial charge on any atom is -0.484 e. The molecule has 0 bridgehead atoms. The van der Waals surface area contributed by atoms with Crippen molar-refractivity contribution in [1.82, 2.24) is 20.0 Å². The van der Waals surface area contributed by atoms with E-state index in [1.165, 1.54) is 17.3 Å². The molecule has 0 saturated heterocycles. The molecule has 2 heterocycles. The van der Waals surface area contributed by atoms with Crippen LogP contribution in [0.3, 0.4) is 0 Å². The highest BCUT2D eigenvalue weighted by molar-refractivity contribution is 7.99. The Morgan fingerprint density at radius 2 is 1.76 bits per heavy atom. The molecule has 176 valence electrons. The van der Waals surface area contributed by atoms with Crippen molar-refractivity contribution in [2.45, 2.75) is 46.4 Å². The monoisotopic (exact) mass is 477 g/mol. The van der Waals surface area contributed by atoms with Gasteiger partial charge in [0.15, 0.2) is 6.61 Å². The van der Waals surface area contributed by atoms with Gasteiger partial charge >= 0.3 is 0 Å². The van der Waals surface area contributed by atoms with Crippen molar-refractivity contribution < 1.29 is 13.9 Å². The average Bonchev–Trinajstić information content (AvgIpc) is 3.38. The quantitative estimate of drug-likeness (QED) is 0.353. The van der Waals surface area contributed by atoms with Crippen molar-refractivity contribution >= 4 is 23.4 Å². The molecule has 0 aliphatic heterocycles. The van der Waals surface area contributed by atoms with E-state index in [0.717, 1.165) is 34.0 Å². The molecule has 34 heavy (non-hydrogen) atoms. The normalized spacial score (nSPS) is 11.0. The Hall–Kier alpha value is -3.59. The lowest BCUT2D eigenvalue weighted by molar-refractivity contribution is -0.113. The SMILES string of the molecule is Cc1ccc(-n2nc(C)c(NC(=O)CSc3nnc(COc4cc(C)ccc4C)o3)c2C)cc1. The van der Waals surface area contributed by atoms with Gasteiger partial charge in [-0.3, -0.25) is 4.79 Å². The fraction of sp³-hybridized carbons (Fsp3) is 0.280. The molecule has 8 nitrogen and oxygen atoms in total. The molecule has 0 saturated carbocycles. The zero-order valence-electron chi connectivity index (χ0n) is 19.9. The highest BCUT2D eigenvalue weighted by atomic mass is 32.2. The Morgan fingerprint density at radius 1 is 1.03 bits per heavy atom.